The van der Waals surface area contributed by atoms with Crippen molar-refractivity contribution in [3.05, 3.63) is 35.7 Å². The minimum atomic E-state index is -0.934. The Bertz CT molecular complexity index is 746. The molecule has 0 bridgehead atoms. The Morgan fingerprint density at radius 2 is 2.20 bits per heavy atom. The molecule has 25 heavy (non-hydrogen) atoms. The molecule has 0 aliphatic carbocycles. The molecule has 8 heteroatoms. The van der Waals surface area contributed by atoms with Crippen molar-refractivity contribution in [3.8, 4) is 11.5 Å². The first-order valence-electron chi connectivity index (χ1n) is 8.17. The van der Waals surface area contributed by atoms with Crippen LogP contribution in [-0.2, 0) is 17.9 Å². The Labute approximate surface area is 146 Å². The van der Waals surface area contributed by atoms with Gasteiger partial charge in [-0.05, 0) is 37.6 Å². The molecule has 0 spiro atoms. The van der Waals surface area contributed by atoms with E-state index in [4.69, 9.17) is 14.6 Å². The maximum atomic E-state index is 10.8. The number of hydrogen-bond acceptors (Lipinski definition) is 6. The van der Waals surface area contributed by atoms with E-state index >= 15 is 0 Å². The van der Waals surface area contributed by atoms with Gasteiger partial charge in [-0.15, -0.1) is 5.10 Å². The van der Waals surface area contributed by atoms with E-state index in [1.807, 2.05) is 18.2 Å². The summed E-state index contributed by atoms with van der Waals surface area (Å²) >= 11 is 0. The lowest BCUT2D eigenvalue weighted by Crippen LogP contribution is -2.23. The summed E-state index contributed by atoms with van der Waals surface area (Å²) in [5.41, 5.74) is 1.85. The number of ether oxygens (including phenoxy) is 2. The van der Waals surface area contributed by atoms with Gasteiger partial charge in [0.15, 0.2) is 0 Å². The molecule has 0 radical (unpaired) electrons. The van der Waals surface area contributed by atoms with Crippen molar-refractivity contribution in [3.63, 3.8) is 0 Å². The van der Waals surface area contributed by atoms with Crippen LogP contribution in [-0.4, -0.2) is 51.7 Å². The number of aliphatic carboxylic acids is 1. The normalized spacial score (nSPS) is 17.6. The lowest BCUT2D eigenvalue weighted by atomic mass is 10.0. The van der Waals surface area contributed by atoms with E-state index in [9.17, 15) is 4.79 Å². The molecule has 1 saturated heterocycles. The fraction of sp³-hybridized carbons (Fsp3) is 0.471. The number of hydrogen-bond donors (Lipinski definition) is 1. The van der Waals surface area contributed by atoms with Crippen molar-refractivity contribution in [2.24, 2.45) is 0 Å². The van der Waals surface area contributed by atoms with Crippen LogP contribution in [0.1, 0.15) is 30.1 Å². The van der Waals surface area contributed by atoms with Crippen LogP contribution in [0.3, 0.4) is 0 Å². The van der Waals surface area contributed by atoms with Gasteiger partial charge in [-0.1, -0.05) is 5.21 Å². The quantitative estimate of drug-likeness (QED) is 0.816. The zero-order valence-electron chi connectivity index (χ0n) is 14.4. The average Bonchev–Trinajstić information content (AvgIpc) is 3.23. The molecule has 1 aliphatic heterocycles. The number of aromatic nitrogens is 3. The lowest BCUT2D eigenvalue weighted by molar-refractivity contribution is -0.137. The van der Waals surface area contributed by atoms with E-state index in [1.54, 1.807) is 20.4 Å². The maximum absolute atomic E-state index is 10.8. The molecule has 1 fully saturated rings. The van der Waals surface area contributed by atoms with E-state index in [1.165, 1.54) is 4.68 Å². The number of carboxylic acids is 1. The lowest BCUT2D eigenvalue weighted by Gasteiger charge is -2.25. The summed E-state index contributed by atoms with van der Waals surface area (Å²) in [6.45, 7) is 1.38. The number of benzene rings is 1. The van der Waals surface area contributed by atoms with E-state index in [-0.39, 0.29) is 12.6 Å². The van der Waals surface area contributed by atoms with Gasteiger partial charge in [0.25, 0.3) is 0 Å². The van der Waals surface area contributed by atoms with Crippen molar-refractivity contribution in [1.29, 1.82) is 0 Å². The topological polar surface area (TPSA) is 89.7 Å². The fourth-order valence-corrected chi connectivity index (χ4v) is 3.30. The Balaban J connectivity index is 1.79. The van der Waals surface area contributed by atoms with Crippen molar-refractivity contribution >= 4 is 5.97 Å². The second-order valence-corrected chi connectivity index (χ2v) is 6.04. The highest BCUT2D eigenvalue weighted by Crippen LogP contribution is 2.39. The molecule has 2 heterocycles. The highest BCUT2D eigenvalue weighted by Gasteiger charge is 2.29. The van der Waals surface area contributed by atoms with E-state index in [0.29, 0.717) is 6.54 Å². The van der Waals surface area contributed by atoms with E-state index < -0.39 is 5.97 Å². The van der Waals surface area contributed by atoms with Crippen LogP contribution < -0.4 is 9.47 Å². The predicted octanol–water partition coefficient (Wildman–Crippen LogP) is 1.72. The number of carboxylic acid groups (broad SMARTS) is 1. The first kappa shape index (κ1) is 17.2. The summed E-state index contributed by atoms with van der Waals surface area (Å²) < 4.78 is 12.2. The summed E-state index contributed by atoms with van der Waals surface area (Å²) in [7, 11) is 3.32. The van der Waals surface area contributed by atoms with Gasteiger partial charge in [0.1, 0.15) is 18.0 Å². The average molecular weight is 346 g/mol. The zero-order valence-corrected chi connectivity index (χ0v) is 14.4. The molecule has 1 aromatic carbocycles. The third-order valence-corrected chi connectivity index (χ3v) is 4.41. The number of rotatable bonds is 7. The molecule has 1 N–H and O–H groups in total. The minimum Gasteiger partial charge on any atom is -0.497 e. The van der Waals surface area contributed by atoms with Crippen LogP contribution in [0.4, 0.5) is 0 Å². The van der Waals surface area contributed by atoms with Crippen LogP contribution in [0.15, 0.2) is 24.4 Å². The third kappa shape index (κ3) is 3.90. The summed E-state index contributed by atoms with van der Waals surface area (Å²) in [6.07, 6.45) is 3.79. The Hall–Kier alpha value is -2.61. The molecule has 1 unspecified atom stereocenters. The summed E-state index contributed by atoms with van der Waals surface area (Å²) in [4.78, 5) is 13.1. The van der Waals surface area contributed by atoms with Crippen LogP contribution in [0.25, 0.3) is 0 Å². The fourth-order valence-electron chi connectivity index (χ4n) is 3.30. The molecule has 1 aliphatic rings. The standard InChI is InChI=1S/C17H22N4O4/c1-24-13-5-6-16(25-2)14(8-13)15-4-3-7-20(15)9-12-10-21(19-18-12)11-17(22)23/h5-6,8,10,15H,3-4,7,9,11H2,1-2H3,(H,22,23). The van der Waals surface area contributed by atoms with E-state index in [0.717, 1.165) is 42.1 Å². The van der Waals surface area contributed by atoms with Gasteiger partial charge in [0.05, 0.1) is 26.1 Å². The molecular formula is C17H22N4O4. The van der Waals surface area contributed by atoms with Gasteiger partial charge in [-0.2, -0.15) is 0 Å². The summed E-state index contributed by atoms with van der Waals surface area (Å²) in [5.74, 6) is 0.707. The van der Waals surface area contributed by atoms with Crippen molar-refractivity contribution in [1.82, 2.24) is 19.9 Å². The largest absolute Gasteiger partial charge is 0.497 e. The van der Waals surface area contributed by atoms with Gasteiger partial charge < -0.3 is 14.6 Å². The minimum absolute atomic E-state index is 0.180. The highest BCUT2D eigenvalue weighted by atomic mass is 16.5. The summed E-state index contributed by atoms with van der Waals surface area (Å²) in [5, 5.41) is 16.8. The highest BCUT2D eigenvalue weighted by molar-refractivity contribution is 5.66. The van der Waals surface area contributed by atoms with Crippen molar-refractivity contribution in [2.75, 3.05) is 20.8 Å². The zero-order chi connectivity index (χ0) is 17.8. The van der Waals surface area contributed by atoms with Crippen LogP contribution in [0, 0.1) is 0 Å². The number of likely N-dealkylation sites (tertiary alicyclic amines) is 1. The third-order valence-electron chi connectivity index (χ3n) is 4.41. The number of carbonyl (C=O) groups is 1. The van der Waals surface area contributed by atoms with Crippen molar-refractivity contribution < 1.29 is 19.4 Å². The molecule has 0 amide bonds. The molecule has 1 aromatic heterocycles. The van der Waals surface area contributed by atoms with Crippen LogP contribution >= 0.6 is 0 Å². The SMILES string of the molecule is COc1ccc(OC)c(C2CCCN2Cc2cn(CC(=O)O)nn2)c1. The molecule has 8 nitrogen and oxygen atoms in total. The predicted molar refractivity (Wildman–Crippen MR) is 89.6 cm³/mol. The monoisotopic (exact) mass is 346 g/mol. The number of methoxy groups -OCH3 is 2. The van der Waals surface area contributed by atoms with Gasteiger partial charge in [-0.25, -0.2) is 4.68 Å². The first-order valence-corrected chi connectivity index (χ1v) is 8.17. The van der Waals surface area contributed by atoms with Crippen LogP contribution in [0.5, 0.6) is 11.5 Å². The second-order valence-electron chi connectivity index (χ2n) is 6.04. The van der Waals surface area contributed by atoms with Gasteiger partial charge in [0.2, 0.25) is 0 Å². The molecular weight excluding hydrogens is 324 g/mol. The van der Waals surface area contributed by atoms with Gasteiger partial charge in [-0.3, -0.25) is 9.69 Å². The first-order chi connectivity index (χ1) is 12.1. The molecule has 2 aromatic rings. The van der Waals surface area contributed by atoms with Crippen LogP contribution in [0.2, 0.25) is 0 Å². The van der Waals surface area contributed by atoms with Crippen molar-refractivity contribution in [2.45, 2.75) is 32.0 Å². The molecule has 0 saturated carbocycles. The Morgan fingerprint density at radius 1 is 1.36 bits per heavy atom. The second kappa shape index (κ2) is 7.52. The van der Waals surface area contributed by atoms with E-state index in [2.05, 4.69) is 15.2 Å². The smallest absolute Gasteiger partial charge is 0.325 e. The molecule has 3 rings (SSSR count). The Kier molecular flexibility index (Phi) is 5.18. The molecule has 134 valence electrons. The maximum Gasteiger partial charge on any atom is 0.325 e. The van der Waals surface area contributed by atoms with Gasteiger partial charge >= 0.3 is 5.97 Å². The molecule has 1 atom stereocenters. The number of nitrogens with zero attached hydrogens (tertiary/aromatic N) is 4. The van der Waals surface area contributed by atoms with Gasteiger partial charge in [0, 0.05) is 18.2 Å². The summed E-state index contributed by atoms with van der Waals surface area (Å²) in [6, 6.07) is 6.03. The Morgan fingerprint density at radius 3 is 2.92 bits per heavy atom.